The Kier molecular flexibility index (Phi) is 7.25. The van der Waals surface area contributed by atoms with Crippen molar-refractivity contribution >= 4 is 58.4 Å². The number of aliphatic imine (C=N–C) groups is 1. The fourth-order valence-corrected chi connectivity index (χ4v) is 3.89. The van der Waals surface area contributed by atoms with Gasteiger partial charge < -0.3 is 14.2 Å². The van der Waals surface area contributed by atoms with Crippen LogP contribution in [0.2, 0.25) is 15.1 Å². The number of rotatable bonds is 7. The molecule has 1 aliphatic rings. The summed E-state index contributed by atoms with van der Waals surface area (Å²) in [5.74, 6) is -0.146. The van der Waals surface area contributed by atoms with Crippen molar-refractivity contribution in [3.8, 4) is 11.5 Å². The first-order valence-corrected chi connectivity index (χ1v) is 11.1. The smallest absolute Gasteiger partial charge is 0.363 e. The number of cyclic esters (lactones) is 1. The third kappa shape index (κ3) is 5.57. The largest absolute Gasteiger partial charge is 0.493 e. The molecule has 0 bridgehead atoms. The molecule has 1 aliphatic heterocycles. The number of carbonyl (C=O) groups excluding carboxylic acids is 1. The lowest BCUT2D eigenvalue weighted by Crippen LogP contribution is -2.06. The Bertz CT molecular complexity index is 1400. The van der Waals surface area contributed by atoms with Crippen LogP contribution in [0.3, 0.4) is 0 Å². The van der Waals surface area contributed by atoms with Gasteiger partial charge in [0.25, 0.3) is 5.69 Å². The highest BCUT2D eigenvalue weighted by atomic mass is 35.5. The van der Waals surface area contributed by atoms with Gasteiger partial charge in [0.1, 0.15) is 11.6 Å². The van der Waals surface area contributed by atoms with Gasteiger partial charge in [-0.3, -0.25) is 10.1 Å². The topological polar surface area (TPSA) is 100 Å². The fourth-order valence-electron chi connectivity index (χ4n) is 3.22. The van der Waals surface area contributed by atoms with Crippen molar-refractivity contribution in [1.82, 2.24) is 0 Å². The SMILES string of the molecule is COc1cc(/C=C2\N=C(c3ccc(Cl)c([N+](=O)[O-])c3)OC2=O)cc(Cl)c1OCc1cccc(Cl)c1. The number of nitrogens with zero attached hydrogens (tertiary/aromatic N) is 2. The number of halogens is 3. The average molecular weight is 534 g/mol. The van der Waals surface area contributed by atoms with Gasteiger partial charge in [-0.05, 0) is 53.6 Å². The molecule has 0 aromatic heterocycles. The highest BCUT2D eigenvalue weighted by molar-refractivity contribution is 6.33. The van der Waals surface area contributed by atoms with Crippen molar-refractivity contribution in [1.29, 1.82) is 0 Å². The van der Waals surface area contributed by atoms with Crippen LogP contribution < -0.4 is 9.47 Å². The molecule has 0 N–H and O–H groups in total. The molecule has 0 amide bonds. The molecule has 1 heterocycles. The van der Waals surface area contributed by atoms with E-state index in [1.54, 1.807) is 24.3 Å². The van der Waals surface area contributed by atoms with Crippen LogP contribution in [-0.2, 0) is 16.1 Å². The molecule has 4 rings (SSSR count). The van der Waals surface area contributed by atoms with Crippen molar-refractivity contribution in [3.63, 3.8) is 0 Å². The number of hydrogen-bond donors (Lipinski definition) is 0. The van der Waals surface area contributed by atoms with E-state index in [4.69, 9.17) is 49.0 Å². The van der Waals surface area contributed by atoms with Gasteiger partial charge >= 0.3 is 5.97 Å². The first-order chi connectivity index (χ1) is 16.7. The number of hydrogen-bond acceptors (Lipinski definition) is 7. The maximum absolute atomic E-state index is 12.4. The Hall–Kier alpha value is -3.59. The summed E-state index contributed by atoms with van der Waals surface area (Å²) in [4.78, 5) is 27.1. The Labute approximate surface area is 214 Å². The summed E-state index contributed by atoms with van der Waals surface area (Å²) in [6, 6.07) is 14.4. The molecule has 0 saturated carbocycles. The highest BCUT2D eigenvalue weighted by Gasteiger charge is 2.26. The van der Waals surface area contributed by atoms with Gasteiger partial charge in [0.15, 0.2) is 17.2 Å². The third-order valence-electron chi connectivity index (χ3n) is 4.84. The summed E-state index contributed by atoms with van der Waals surface area (Å²) in [6.45, 7) is 0.213. The van der Waals surface area contributed by atoms with E-state index in [1.807, 2.05) is 12.1 Å². The van der Waals surface area contributed by atoms with Crippen LogP contribution in [0.25, 0.3) is 6.08 Å². The standard InChI is InChI=1S/C24H15Cl3N2O6/c1-33-21-10-14(8-18(27)22(21)34-12-13-3-2-4-16(25)7-13)9-19-24(30)35-23(28-19)15-5-6-17(26)20(11-15)29(31)32/h2-11H,12H2,1H3/b19-9-. The Morgan fingerprint density at radius 1 is 1.09 bits per heavy atom. The monoisotopic (exact) mass is 532 g/mol. The molecule has 35 heavy (non-hydrogen) atoms. The normalized spacial score (nSPS) is 14.0. The van der Waals surface area contributed by atoms with Gasteiger partial charge in [-0.25, -0.2) is 9.79 Å². The molecule has 0 aliphatic carbocycles. The number of nitro groups is 1. The molecule has 8 nitrogen and oxygen atoms in total. The second-order valence-corrected chi connectivity index (χ2v) is 8.46. The molecule has 0 fully saturated rings. The molecular weight excluding hydrogens is 519 g/mol. The lowest BCUT2D eigenvalue weighted by Gasteiger charge is -2.13. The van der Waals surface area contributed by atoms with Crippen LogP contribution in [0.15, 0.2) is 65.3 Å². The zero-order chi connectivity index (χ0) is 25.1. The minimum absolute atomic E-state index is 0.0247. The number of carbonyl (C=O) groups is 1. The lowest BCUT2D eigenvalue weighted by atomic mass is 10.1. The Balaban J connectivity index is 1.61. The Morgan fingerprint density at radius 3 is 2.60 bits per heavy atom. The van der Waals surface area contributed by atoms with Gasteiger partial charge in [-0.1, -0.05) is 46.9 Å². The summed E-state index contributed by atoms with van der Waals surface area (Å²) in [5, 5.41) is 11.9. The number of benzene rings is 3. The van der Waals surface area contributed by atoms with Gasteiger partial charge in [-0.15, -0.1) is 0 Å². The summed E-state index contributed by atoms with van der Waals surface area (Å²) in [6.07, 6.45) is 1.45. The van der Waals surface area contributed by atoms with Crippen molar-refractivity contribution in [2.24, 2.45) is 4.99 Å². The highest BCUT2D eigenvalue weighted by Crippen LogP contribution is 2.38. The van der Waals surface area contributed by atoms with E-state index in [-0.39, 0.29) is 39.5 Å². The van der Waals surface area contributed by atoms with Crippen LogP contribution >= 0.6 is 34.8 Å². The van der Waals surface area contributed by atoms with Crippen LogP contribution in [0.1, 0.15) is 16.7 Å². The van der Waals surface area contributed by atoms with Crippen molar-refractivity contribution < 1.29 is 23.9 Å². The van der Waals surface area contributed by atoms with Crippen LogP contribution in [0.4, 0.5) is 5.69 Å². The molecule has 0 radical (unpaired) electrons. The van der Waals surface area contributed by atoms with Gasteiger partial charge in [-0.2, -0.15) is 0 Å². The number of methoxy groups -OCH3 is 1. The predicted octanol–water partition coefficient (Wildman–Crippen LogP) is 6.49. The first-order valence-electron chi connectivity index (χ1n) is 9.97. The van der Waals surface area contributed by atoms with Crippen LogP contribution in [0.5, 0.6) is 11.5 Å². The van der Waals surface area contributed by atoms with E-state index in [0.29, 0.717) is 22.1 Å². The molecule has 11 heteroatoms. The van der Waals surface area contributed by atoms with Crippen LogP contribution in [-0.4, -0.2) is 23.9 Å². The third-order valence-corrected chi connectivity index (χ3v) is 5.67. The van der Waals surface area contributed by atoms with Crippen molar-refractivity contribution in [2.75, 3.05) is 7.11 Å². The molecular formula is C24H15Cl3N2O6. The van der Waals surface area contributed by atoms with E-state index in [1.165, 1.54) is 31.4 Å². The second kappa shape index (κ2) is 10.4. The van der Waals surface area contributed by atoms with Gasteiger partial charge in [0.05, 0.1) is 17.1 Å². The zero-order valence-electron chi connectivity index (χ0n) is 18.0. The summed E-state index contributed by atoms with van der Waals surface area (Å²) in [7, 11) is 1.46. The summed E-state index contributed by atoms with van der Waals surface area (Å²) < 4.78 is 16.4. The zero-order valence-corrected chi connectivity index (χ0v) is 20.2. The molecule has 178 valence electrons. The van der Waals surface area contributed by atoms with E-state index >= 15 is 0 Å². The van der Waals surface area contributed by atoms with Gasteiger partial charge in [0.2, 0.25) is 5.90 Å². The molecule has 0 spiro atoms. The van der Waals surface area contributed by atoms with E-state index in [2.05, 4.69) is 4.99 Å². The van der Waals surface area contributed by atoms with E-state index in [0.717, 1.165) is 5.56 Å². The average Bonchev–Trinajstić information content (AvgIpc) is 3.18. The molecule has 3 aromatic rings. The second-order valence-electron chi connectivity index (χ2n) is 7.21. The van der Waals surface area contributed by atoms with Crippen LogP contribution in [0, 0.1) is 10.1 Å². The minimum atomic E-state index is -0.728. The fraction of sp³-hybridized carbons (Fsp3) is 0.0833. The van der Waals surface area contributed by atoms with E-state index < -0.39 is 10.9 Å². The van der Waals surface area contributed by atoms with E-state index in [9.17, 15) is 14.9 Å². The molecule has 0 unspecified atom stereocenters. The lowest BCUT2D eigenvalue weighted by molar-refractivity contribution is -0.384. The van der Waals surface area contributed by atoms with Crippen molar-refractivity contribution in [2.45, 2.75) is 6.61 Å². The number of ether oxygens (including phenoxy) is 3. The Morgan fingerprint density at radius 2 is 1.89 bits per heavy atom. The molecule has 0 atom stereocenters. The molecule has 0 saturated heterocycles. The van der Waals surface area contributed by atoms with Crippen molar-refractivity contribution in [3.05, 3.63) is 102 Å². The van der Waals surface area contributed by atoms with Gasteiger partial charge in [0, 0.05) is 16.7 Å². The number of esters is 1. The summed E-state index contributed by atoms with van der Waals surface area (Å²) in [5.41, 5.74) is 1.23. The summed E-state index contributed by atoms with van der Waals surface area (Å²) >= 11 is 18.3. The predicted molar refractivity (Wildman–Crippen MR) is 133 cm³/mol. The maximum Gasteiger partial charge on any atom is 0.363 e. The minimum Gasteiger partial charge on any atom is -0.493 e. The molecule has 3 aromatic carbocycles. The first kappa shape index (κ1) is 24.5. The quantitative estimate of drug-likeness (QED) is 0.149. The maximum atomic E-state index is 12.4. The number of nitro benzene ring substituents is 1.